The summed E-state index contributed by atoms with van der Waals surface area (Å²) in [6.07, 6.45) is 5.70. The first-order valence-electron chi connectivity index (χ1n) is 6.18. The molecule has 3 rings (SSSR count). The Balaban J connectivity index is 2.14. The zero-order chi connectivity index (χ0) is 10.1. The van der Waals surface area contributed by atoms with Crippen LogP contribution in [-0.4, -0.2) is 0 Å². The summed E-state index contributed by atoms with van der Waals surface area (Å²) in [5.41, 5.74) is 2.71. The van der Waals surface area contributed by atoms with Crippen molar-refractivity contribution in [1.29, 1.82) is 0 Å². The van der Waals surface area contributed by atoms with Crippen molar-refractivity contribution >= 4 is 0 Å². The lowest BCUT2D eigenvalue weighted by molar-refractivity contribution is 0.134. The number of hydrogen-bond acceptors (Lipinski definition) is 0. The summed E-state index contributed by atoms with van der Waals surface area (Å²) in [7, 11) is 0. The average Bonchev–Trinajstić information content (AvgIpc) is 2.61. The highest BCUT2D eigenvalue weighted by atomic mass is 14.7. The molecule has 3 saturated carbocycles. The van der Waals surface area contributed by atoms with Crippen molar-refractivity contribution in [2.24, 2.45) is 28.6 Å². The van der Waals surface area contributed by atoms with Gasteiger partial charge < -0.3 is 0 Å². The van der Waals surface area contributed by atoms with Gasteiger partial charge in [0.1, 0.15) is 0 Å². The van der Waals surface area contributed by atoms with E-state index in [4.69, 9.17) is 0 Å². The van der Waals surface area contributed by atoms with Crippen molar-refractivity contribution in [3.8, 4) is 0 Å². The van der Waals surface area contributed by atoms with Gasteiger partial charge in [0.05, 0.1) is 0 Å². The SMILES string of the molecule is C=C1CC2CC3C(C)CCC13C2(C)C. The molecular weight excluding hydrogens is 168 g/mol. The Morgan fingerprint density at radius 3 is 2.64 bits per heavy atom. The van der Waals surface area contributed by atoms with Gasteiger partial charge in [-0.2, -0.15) is 0 Å². The third kappa shape index (κ3) is 0.677. The fourth-order valence-electron chi connectivity index (χ4n) is 5.24. The van der Waals surface area contributed by atoms with Crippen LogP contribution >= 0.6 is 0 Å². The van der Waals surface area contributed by atoms with Crippen LogP contribution in [0.25, 0.3) is 0 Å². The second-order valence-corrected chi connectivity index (χ2v) is 6.56. The van der Waals surface area contributed by atoms with Crippen LogP contribution in [0.5, 0.6) is 0 Å². The summed E-state index contributed by atoms with van der Waals surface area (Å²) in [4.78, 5) is 0. The Morgan fingerprint density at radius 1 is 1.36 bits per heavy atom. The van der Waals surface area contributed by atoms with E-state index in [2.05, 4.69) is 27.4 Å². The van der Waals surface area contributed by atoms with Gasteiger partial charge in [0, 0.05) is 0 Å². The highest BCUT2D eigenvalue weighted by molar-refractivity contribution is 5.32. The van der Waals surface area contributed by atoms with Crippen molar-refractivity contribution in [2.45, 2.75) is 46.5 Å². The lowest BCUT2D eigenvalue weighted by Crippen LogP contribution is -2.33. The van der Waals surface area contributed by atoms with Gasteiger partial charge in [0.25, 0.3) is 0 Å². The number of allylic oxidation sites excluding steroid dienone is 1. The van der Waals surface area contributed by atoms with Crippen molar-refractivity contribution in [1.82, 2.24) is 0 Å². The smallest absolute Gasteiger partial charge is 0.000585 e. The van der Waals surface area contributed by atoms with Gasteiger partial charge in [0.2, 0.25) is 0 Å². The van der Waals surface area contributed by atoms with Crippen molar-refractivity contribution < 1.29 is 0 Å². The third-order valence-corrected chi connectivity index (χ3v) is 6.15. The maximum atomic E-state index is 4.40. The molecule has 0 aromatic heterocycles. The number of hydrogen-bond donors (Lipinski definition) is 0. The Bertz CT molecular complexity index is 299. The van der Waals surface area contributed by atoms with E-state index in [0.29, 0.717) is 10.8 Å². The molecule has 0 aromatic carbocycles. The summed E-state index contributed by atoms with van der Waals surface area (Å²) in [6, 6.07) is 0. The first-order chi connectivity index (χ1) is 6.50. The van der Waals surface area contributed by atoms with E-state index in [-0.39, 0.29) is 0 Å². The molecule has 0 aromatic rings. The zero-order valence-corrected chi connectivity index (χ0v) is 9.77. The molecule has 3 fully saturated rings. The minimum atomic E-state index is 0.553. The molecule has 3 aliphatic carbocycles. The Morgan fingerprint density at radius 2 is 2.07 bits per heavy atom. The van der Waals surface area contributed by atoms with Gasteiger partial charge in [-0.1, -0.05) is 32.9 Å². The fraction of sp³-hybridized carbons (Fsp3) is 0.857. The molecular formula is C14H22. The van der Waals surface area contributed by atoms with E-state index < -0.39 is 0 Å². The lowest BCUT2D eigenvalue weighted by Gasteiger charge is -2.40. The van der Waals surface area contributed by atoms with E-state index in [1.54, 1.807) is 5.57 Å². The van der Waals surface area contributed by atoms with E-state index in [9.17, 15) is 0 Å². The van der Waals surface area contributed by atoms with E-state index in [1.807, 2.05) is 0 Å². The third-order valence-electron chi connectivity index (χ3n) is 6.15. The predicted octanol–water partition coefficient (Wildman–Crippen LogP) is 4.02. The van der Waals surface area contributed by atoms with Gasteiger partial charge in [-0.05, 0) is 54.3 Å². The quantitative estimate of drug-likeness (QED) is 0.506. The molecule has 2 bridgehead atoms. The van der Waals surface area contributed by atoms with Crippen LogP contribution in [0.15, 0.2) is 12.2 Å². The number of rotatable bonds is 0. The monoisotopic (exact) mass is 190 g/mol. The molecule has 4 atom stereocenters. The molecule has 0 nitrogen and oxygen atoms in total. The summed E-state index contributed by atoms with van der Waals surface area (Å²) in [5, 5.41) is 0. The van der Waals surface area contributed by atoms with Gasteiger partial charge in [0.15, 0.2) is 0 Å². The Hall–Kier alpha value is -0.260. The van der Waals surface area contributed by atoms with Gasteiger partial charge in [-0.15, -0.1) is 0 Å². The largest absolute Gasteiger partial charge is 0.0993 e. The molecule has 3 aliphatic rings. The topological polar surface area (TPSA) is 0 Å². The van der Waals surface area contributed by atoms with Crippen LogP contribution in [-0.2, 0) is 0 Å². The van der Waals surface area contributed by atoms with Crippen LogP contribution in [0, 0.1) is 28.6 Å². The maximum absolute atomic E-state index is 4.40. The summed E-state index contributed by atoms with van der Waals surface area (Å²) in [5.74, 6) is 2.88. The minimum Gasteiger partial charge on any atom is -0.0993 e. The van der Waals surface area contributed by atoms with Gasteiger partial charge >= 0.3 is 0 Å². The molecule has 0 heterocycles. The summed E-state index contributed by atoms with van der Waals surface area (Å²) < 4.78 is 0. The van der Waals surface area contributed by atoms with Crippen LogP contribution in [0.3, 0.4) is 0 Å². The molecule has 0 aliphatic heterocycles. The van der Waals surface area contributed by atoms with Crippen molar-refractivity contribution in [3.63, 3.8) is 0 Å². The Kier molecular flexibility index (Phi) is 1.47. The zero-order valence-electron chi connectivity index (χ0n) is 9.77. The molecule has 0 radical (unpaired) electrons. The summed E-state index contributed by atoms with van der Waals surface area (Å²) >= 11 is 0. The van der Waals surface area contributed by atoms with Crippen molar-refractivity contribution in [2.75, 3.05) is 0 Å². The van der Waals surface area contributed by atoms with Crippen molar-refractivity contribution in [3.05, 3.63) is 12.2 Å². The van der Waals surface area contributed by atoms with E-state index >= 15 is 0 Å². The highest BCUT2D eigenvalue weighted by Gasteiger charge is 2.68. The van der Waals surface area contributed by atoms with Crippen LogP contribution < -0.4 is 0 Å². The molecule has 1 spiro atoms. The molecule has 78 valence electrons. The molecule has 0 saturated heterocycles. The standard InChI is InChI=1S/C14H22/c1-9-5-6-14-10(2)7-11(8-12(9)14)13(14,3)4/h9,11-12H,2,5-8H2,1,3-4H3. The van der Waals surface area contributed by atoms with Gasteiger partial charge in [-0.3, -0.25) is 0 Å². The number of fused-ring (bicyclic) bond motifs is 1. The van der Waals surface area contributed by atoms with Crippen LogP contribution in [0.1, 0.15) is 46.5 Å². The van der Waals surface area contributed by atoms with Crippen LogP contribution in [0.4, 0.5) is 0 Å². The van der Waals surface area contributed by atoms with Crippen LogP contribution in [0.2, 0.25) is 0 Å². The fourth-order valence-corrected chi connectivity index (χ4v) is 5.24. The second-order valence-electron chi connectivity index (χ2n) is 6.56. The van der Waals surface area contributed by atoms with E-state index in [0.717, 1.165) is 17.8 Å². The average molecular weight is 190 g/mol. The molecule has 0 N–H and O–H groups in total. The molecule has 0 amide bonds. The minimum absolute atomic E-state index is 0.553. The second kappa shape index (κ2) is 2.28. The first kappa shape index (κ1) is 9.00. The first-order valence-corrected chi connectivity index (χ1v) is 6.18. The Labute approximate surface area is 87.8 Å². The normalized spacial score (nSPS) is 53.9. The lowest BCUT2D eigenvalue weighted by atomic mass is 9.64. The predicted molar refractivity (Wildman–Crippen MR) is 60.0 cm³/mol. The molecule has 0 heteroatoms. The van der Waals surface area contributed by atoms with Gasteiger partial charge in [-0.25, -0.2) is 0 Å². The molecule has 14 heavy (non-hydrogen) atoms. The molecule has 4 unspecified atom stereocenters. The highest BCUT2D eigenvalue weighted by Crippen LogP contribution is 2.76. The van der Waals surface area contributed by atoms with E-state index in [1.165, 1.54) is 25.7 Å². The summed E-state index contributed by atoms with van der Waals surface area (Å²) in [6.45, 7) is 11.9. The maximum Gasteiger partial charge on any atom is -0.000585 e.